The van der Waals surface area contributed by atoms with Crippen molar-refractivity contribution in [2.75, 3.05) is 40.3 Å². The van der Waals surface area contributed by atoms with E-state index in [-0.39, 0.29) is 43.3 Å². The molecule has 7 nitrogen and oxygen atoms in total. The Balaban J connectivity index is 1.16. The molecular formula is C28H32F2N6O. The van der Waals surface area contributed by atoms with Crippen molar-refractivity contribution in [3.05, 3.63) is 71.4 Å². The Morgan fingerprint density at radius 2 is 1.95 bits per heavy atom. The van der Waals surface area contributed by atoms with Crippen LogP contribution in [0.4, 0.5) is 8.78 Å². The van der Waals surface area contributed by atoms with E-state index in [2.05, 4.69) is 41.1 Å². The van der Waals surface area contributed by atoms with Gasteiger partial charge >= 0.3 is 0 Å². The van der Waals surface area contributed by atoms with E-state index in [1.165, 1.54) is 4.90 Å². The molecule has 0 bridgehead atoms. The lowest BCUT2D eigenvalue weighted by Crippen LogP contribution is -2.52. The number of carbonyl (C=O) groups excluding carboxylic acids is 1. The summed E-state index contributed by atoms with van der Waals surface area (Å²) in [6.07, 6.45) is 6.42. The van der Waals surface area contributed by atoms with Gasteiger partial charge in [0.15, 0.2) is 0 Å². The molecule has 2 fully saturated rings. The third kappa shape index (κ3) is 4.55. The van der Waals surface area contributed by atoms with E-state index < -0.39 is 6.17 Å². The van der Waals surface area contributed by atoms with Crippen LogP contribution in [0.1, 0.15) is 35.1 Å². The molecule has 1 unspecified atom stereocenters. The minimum absolute atomic E-state index is 0.0883. The molecular weight excluding hydrogens is 474 g/mol. The number of carbonyl (C=O) groups is 1. The Morgan fingerprint density at radius 3 is 2.68 bits per heavy atom. The van der Waals surface area contributed by atoms with Crippen molar-refractivity contribution in [2.45, 2.75) is 43.6 Å². The van der Waals surface area contributed by atoms with Crippen molar-refractivity contribution in [3.63, 3.8) is 0 Å². The number of aryl methyl sites for hydroxylation is 1. The molecule has 1 aliphatic carbocycles. The molecule has 37 heavy (non-hydrogen) atoms. The van der Waals surface area contributed by atoms with E-state index in [1.54, 1.807) is 23.1 Å². The molecule has 2 saturated heterocycles. The molecule has 6 rings (SSSR count). The van der Waals surface area contributed by atoms with Crippen LogP contribution in [0, 0.1) is 5.82 Å². The standard InChI is InChI=1S/C28H32F2N6O/c1-33(2)26-16-34(25-9-7-18-4-3-5-23(30)28(18)25)15-22(26)19-6-8-24(31-10-19)20-11-32-36(12-20)17-27(37)35-13-21(29)14-35/h3-6,8,10-12,21-22,25-26H,7,9,13-17H2,1-2H3/t22-,25?,26+/m0/s1. The van der Waals surface area contributed by atoms with Gasteiger partial charge in [-0.15, -0.1) is 0 Å². The SMILES string of the molecule is CN(C)[C@@H]1CN(C2CCc3cccc(F)c32)C[C@H]1c1ccc(-c2cnn(CC(=O)N3CC(F)C3)c2)nc1. The van der Waals surface area contributed by atoms with Gasteiger partial charge in [-0.2, -0.15) is 5.10 Å². The van der Waals surface area contributed by atoms with Crippen molar-refractivity contribution in [3.8, 4) is 11.3 Å². The maximum atomic E-state index is 14.7. The first-order valence-electron chi connectivity index (χ1n) is 13.0. The molecule has 0 spiro atoms. The summed E-state index contributed by atoms with van der Waals surface area (Å²) < 4.78 is 29.3. The van der Waals surface area contributed by atoms with Crippen molar-refractivity contribution in [2.24, 2.45) is 0 Å². The second kappa shape index (κ2) is 9.61. The third-order valence-electron chi connectivity index (χ3n) is 8.22. The number of rotatable bonds is 6. The van der Waals surface area contributed by atoms with Crippen LogP contribution in [0.2, 0.25) is 0 Å². The van der Waals surface area contributed by atoms with Crippen molar-refractivity contribution < 1.29 is 13.6 Å². The van der Waals surface area contributed by atoms with Gasteiger partial charge < -0.3 is 9.80 Å². The van der Waals surface area contributed by atoms with Crippen LogP contribution < -0.4 is 0 Å². The zero-order valence-electron chi connectivity index (χ0n) is 21.2. The Hall–Kier alpha value is -3.17. The summed E-state index contributed by atoms with van der Waals surface area (Å²) in [5.74, 6) is 0.0512. The Morgan fingerprint density at radius 1 is 1.11 bits per heavy atom. The van der Waals surface area contributed by atoms with Gasteiger partial charge in [0.1, 0.15) is 18.5 Å². The first kappa shape index (κ1) is 24.2. The molecule has 3 aliphatic rings. The lowest BCUT2D eigenvalue weighted by molar-refractivity contribution is -0.139. The summed E-state index contributed by atoms with van der Waals surface area (Å²) in [5.41, 5.74) is 4.81. The number of benzene rings is 1. The number of aromatic nitrogens is 3. The number of nitrogens with zero attached hydrogens (tertiary/aromatic N) is 6. The fourth-order valence-corrected chi connectivity index (χ4v) is 6.14. The highest BCUT2D eigenvalue weighted by atomic mass is 19.1. The maximum absolute atomic E-state index is 14.7. The van der Waals surface area contributed by atoms with Crippen molar-refractivity contribution in [1.82, 2.24) is 29.5 Å². The summed E-state index contributed by atoms with van der Waals surface area (Å²) in [4.78, 5) is 23.2. The smallest absolute Gasteiger partial charge is 0.244 e. The Labute approximate surface area is 215 Å². The monoisotopic (exact) mass is 506 g/mol. The predicted molar refractivity (Wildman–Crippen MR) is 136 cm³/mol. The van der Waals surface area contributed by atoms with Crippen LogP contribution in [-0.2, 0) is 17.8 Å². The molecule has 0 radical (unpaired) electrons. The van der Waals surface area contributed by atoms with Crippen molar-refractivity contribution in [1.29, 1.82) is 0 Å². The number of hydrogen-bond donors (Lipinski definition) is 0. The summed E-state index contributed by atoms with van der Waals surface area (Å²) in [7, 11) is 4.21. The fourth-order valence-electron chi connectivity index (χ4n) is 6.14. The number of likely N-dealkylation sites (N-methyl/N-ethyl adjacent to an activating group) is 1. The number of fused-ring (bicyclic) bond motifs is 1. The van der Waals surface area contributed by atoms with E-state index >= 15 is 0 Å². The molecule has 9 heteroatoms. The van der Waals surface area contributed by atoms with Crippen LogP contribution in [0.15, 0.2) is 48.9 Å². The predicted octanol–water partition coefficient (Wildman–Crippen LogP) is 3.28. The molecule has 3 aromatic rings. The number of amides is 1. The lowest BCUT2D eigenvalue weighted by atomic mass is 9.94. The quantitative estimate of drug-likeness (QED) is 0.514. The van der Waals surface area contributed by atoms with E-state index in [1.807, 2.05) is 18.3 Å². The minimum atomic E-state index is -0.908. The summed E-state index contributed by atoms with van der Waals surface area (Å²) in [5, 5.41) is 4.30. The van der Waals surface area contributed by atoms with Gasteiger partial charge in [-0.3, -0.25) is 19.4 Å². The molecule has 1 aromatic carbocycles. The lowest BCUT2D eigenvalue weighted by Gasteiger charge is -2.34. The largest absolute Gasteiger partial charge is 0.335 e. The molecule has 0 saturated carbocycles. The van der Waals surface area contributed by atoms with Crippen molar-refractivity contribution >= 4 is 5.91 Å². The Bertz CT molecular complexity index is 1290. The molecule has 2 aliphatic heterocycles. The minimum Gasteiger partial charge on any atom is -0.335 e. The van der Waals surface area contributed by atoms with Crippen LogP contribution in [0.3, 0.4) is 0 Å². The second-order valence-corrected chi connectivity index (χ2v) is 10.8. The fraction of sp³-hybridized carbons (Fsp3) is 0.464. The van der Waals surface area contributed by atoms with Gasteiger partial charge in [-0.25, -0.2) is 8.78 Å². The van der Waals surface area contributed by atoms with Crippen LogP contribution in [0.25, 0.3) is 11.3 Å². The van der Waals surface area contributed by atoms with Gasteiger partial charge in [-0.1, -0.05) is 18.2 Å². The molecule has 0 N–H and O–H groups in total. The van der Waals surface area contributed by atoms with Gasteiger partial charge in [0.05, 0.1) is 25.0 Å². The van der Waals surface area contributed by atoms with E-state index in [0.29, 0.717) is 6.04 Å². The highest BCUT2D eigenvalue weighted by molar-refractivity contribution is 5.77. The van der Waals surface area contributed by atoms with E-state index in [4.69, 9.17) is 4.98 Å². The van der Waals surface area contributed by atoms with Gasteiger partial charge in [0.25, 0.3) is 0 Å². The average molecular weight is 507 g/mol. The molecule has 2 aromatic heterocycles. The number of hydrogen-bond acceptors (Lipinski definition) is 5. The number of likely N-dealkylation sites (tertiary alicyclic amines) is 2. The van der Waals surface area contributed by atoms with Crippen LogP contribution in [-0.4, -0.2) is 87.9 Å². The maximum Gasteiger partial charge on any atom is 0.244 e. The zero-order valence-corrected chi connectivity index (χ0v) is 21.2. The number of alkyl halides is 1. The van der Waals surface area contributed by atoms with Crippen LogP contribution in [0.5, 0.6) is 0 Å². The average Bonchev–Trinajstić information content (AvgIpc) is 3.60. The highest BCUT2D eigenvalue weighted by Gasteiger charge is 2.41. The normalized spacial score (nSPS) is 24.0. The van der Waals surface area contributed by atoms with Gasteiger partial charge in [-0.05, 0) is 50.2 Å². The third-order valence-corrected chi connectivity index (χ3v) is 8.22. The second-order valence-electron chi connectivity index (χ2n) is 10.8. The zero-order chi connectivity index (χ0) is 25.7. The number of pyridine rings is 1. The molecule has 1 amide bonds. The molecule has 194 valence electrons. The van der Waals surface area contributed by atoms with E-state index in [9.17, 15) is 13.6 Å². The highest BCUT2D eigenvalue weighted by Crippen LogP contribution is 2.42. The molecule has 4 heterocycles. The Kier molecular flexibility index (Phi) is 6.28. The summed E-state index contributed by atoms with van der Waals surface area (Å²) >= 11 is 0. The summed E-state index contributed by atoms with van der Waals surface area (Å²) in [6.45, 7) is 2.19. The number of halogens is 2. The topological polar surface area (TPSA) is 57.5 Å². The van der Waals surface area contributed by atoms with Gasteiger partial charge in [0, 0.05) is 54.6 Å². The molecule has 3 atom stereocenters. The summed E-state index contributed by atoms with van der Waals surface area (Å²) in [6, 6.07) is 10.0. The first-order valence-corrected chi connectivity index (χ1v) is 13.0. The van der Waals surface area contributed by atoms with Crippen LogP contribution >= 0.6 is 0 Å². The first-order chi connectivity index (χ1) is 17.9. The van der Waals surface area contributed by atoms with Gasteiger partial charge in [0.2, 0.25) is 5.91 Å². The van der Waals surface area contributed by atoms with E-state index in [0.717, 1.165) is 53.9 Å².